The molecule has 1 aliphatic rings. The number of hydrogen-bond acceptors (Lipinski definition) is 5. The lowest BCUT2D eigenvalue weighted by atomic mass is 9.87. The average molecular weight is 583 g/mol. The van der Waals surface area contributed by atoms with Crippen molar-refractivity contribution in [1.82, 2.24) is 29.9 Å². The molecule has 0 amide bonds. The smallest absolute Gasteiger partial charge is 0.138 e. The molecular formula is C26H31FIN7. The molecule has 2 aromatic heterocycles. The Labute approximate surface area is 218 Å². The van der Waals surface area contributed by atoms with E-state index in [1.807, 2.05) is 0 Å². The number of aromatic amines is 1. The van der Waals surface area contributed by atoms with Crippen molar-refractivity contribution in [3.8, 4) is 11.4 Å². The fourth-order valence-corrected chi connectivity index (χ4v) is 5.17. The Bertz CT molecular complexity index is 1300. The van der Waals surface area contributed by atoms with Crippen LogP contribution in [0.3, 0.4) is 0 Å². The fourth-order valence-electron chi connectivity index (χ4n) is 4.55. The predicted molar refractivity (Wildman–Crippen MR) is 146 cm³/mol. The number of alkyl halides is 1. The Morgan fingerprint density at radius 1 is 1.03 bits per heavy atom. The third kappa shape index (κ3) is 5.06. The molecule has 0 radical (unpaired) electrons. The lowest BCUT2D eigenvalue weighted by Crippen LogP contribution is -2.46. The maximum absolute atomic E-state index is 12.7. The van der Waals surface area contributed by atoms with E-state index >= 15 is 0 Å². The molecular weight excluding hydrogens is 552 g/mol. The van der Waals surface area contributed by atoms with E-state index in [0.29, 0.717) is 0 Å². The fraction of sp³-hybridized carbons (Fsp3) is 0.423. The van der Waals surface area contributed by atoms with Crippen LogP contribution in [0.15, 0.2) is 42.5 Å². The van der Waals surface area contributed by atoms with Gasteiger partial charge in [-0.25, -0.2) is 14.1 Å². The summed E-state index contributed by atoms with van der Waals surface area (Å²) in [6.07, 6.45) is 0. The molecule has 0 atom stereocenters. The van der Waals surface area contributed by atoms with E-state index in [4.69, 9.17) is 4.98 Å². The third-order valence-electron chi connectivity index (χ3n) is 6.64. The number of benzene rings is 2. The molecule has 184 valence electrons. The molecule has 4 aromatic rings. The van der Waals surface area contributed by atoms with Crippen molar-refractivity contribution >= 4 is 39.3 Å². The Morgan fingerprint density at radius 2 is 1.77 bits per heavy atom. The Balaban J connectivity index is 1.30. The van der Waals surface area contributed by atoms with Crippen molar-refractivity contribution in [3.05, 3.63) is 57.4 Å². The van der Waals surface area contributed by atoms with Crippen molar-refractivity contribution < 1.29 is 4.39 Å². The molecule has 1 fully saturated rings. The second kappa shape index (κ2) is 9.85. The summed E-state index contributed by atoms with van der Waals surface area (Å²) in [5, 5.41) is 8.35. The first-order valence-electron chi connectivity index (χ1n) is 12.0. The number of aromatic nitrogens is 5. The summed E-state index contributed by atoms with van der Waals surface area (Å²) in [6.45, 7) is 10.9. The molecule has 0 unspecified atom stereocenters. The zero-order chi connectivity index (χ0) is 24.6. The number of anilines is 1. The predicted octanol–water partition coefficient (Wildman–Crippen LogP) is 5.02. The van der Waals surface area contributed by atoms with Crippen LogP contribution in [0.2, 0.25) is 0 Å². The van der Waals surface area contributed by atoms with Gasteiger partial charge in [0.1, 0.15) is 27.4 Å². The quantitative estimate of drug-likeness (QED) is 0.324. The van der Waals surface area contributed by atoms with Crippen molar-refractivity contribution in [2.24, 2.45) is 0 Å². The van der Waals surface area contributed by atoms with Gasteiger partial charge in [-0.2, -0.15) is 0 Å². The average Bonchev–Trinajstić information content (AvgIpc) is 3.44. The molecule has 5 rings (SSSR count). The molecule has 3 heterocycles. The number of nitrogens with zero attached hydrogens (tertiary/aromatic N) is 6. The van der Waals surface area contributed by atoms with Crippen molar-refractivity contribution in [2.45, 2.75) is 39.3 Å². The minimum Gasteiger partial charge on any atom is -0.367 e. The third-order valence-corrected chi connectivity index (χ3v) is 7.82. The highest BCUT2D eigenvalue weighted by molar-refractivity contribution is 14.1. The van der Waals surface area contributed by atoms with Crippen LogP contribution in [0.1, 0.15) is 32.0 Å². The molecule has 0 bridgehead atoms. The Kier molecular flexibility index (Phi) is 6.80. The van der Waals surface area contributed by atoms with Crippen LogP contribution in [0, 0.1) is 3.70 Å². The van der Waals surface area contributed by atoms with E-state index in [0.717, 1.165) is 64.5 Å². The van der Waals surface area contributed by atoms with Crippen molar-refractivity contribution in [3.63, 3.8) is 0 Å². The van der Waals surface area contributed by atoms with E-state index in [9.17, 15) is 4.39 Å². The van der Waals surface area contributed by atoms with Gasteiger partial charge in [0.15, 0.2) is 0 Å². The van der Waals surface area contributed by atoms with Crippen LogP contribution in [-0.2, 0) is 18.5 Å². The van der Waals surface area contributed by atoms with Crippen LogP contribution in [0.4, 0.5) is 10.1 Å². The number of aryl methyl sites for hydroxylation is 1. The number of hydrogen-bond donors (Lipinski definition) is 1. The highest BCUT2D eigenvalue weighted by Crippen LogP contribution is 2.30. The molecule has 1 N–H and O–H groups in total. The van der Waals surface area contributed by atoms with Gasteiger partial charge < -0.3 is 9.88 Å². The monoisotopic (exact) mass is 583 g/mol. The van der Waals surface area contributed by atoms with Crippen LogP contribution in [-0.4, -0.2) is 62.7 Å². The largest absolute Gasteiger partial charge is 0.367 e. The van der Waals surface area contributed by atoms with E-state index in [-0.39, 0.29) is 12.0 Å². The van der Waals surface area contributed by atoms with Crippen molar-refractivity contribution in [1.29, 1.82) is 0 Å². The van der Waals surface area contributed by atoms with Crippen molar-refractivity contribution in [2.75, 3.05) is 37.8 Å². The van der Waals surface area contributed by atoms with Gasteiger partial charge >= 0.3 is 0 Å². The summed E-state index contributed by atoms with van der Waals surface area (Å²) >= 11 is 2.21. The number of H-pyrrole nitrogens is 1. The Morgan fingerprint density at radius 3 is 2.46 bits per heavy atom. The first kappa shape index (κ1) is 24.2. The number of rotatable bonds is 6. The summed E-state index contributed by atoms with van der Waals surface area (Å²) < 4.78 is 15.2. The van der Waals surface area contributed by atoms with E-state index in [1.165, 1.54) is 11.3 Å². The minimum absolute atomic E-state index is 0.130. The number of halogens is 2. The summed E-state index contributed by atoms with van der Waals surface area (Å²) in [4.78, 5) is 13.3. The molecule has 9 heteroatoms. The van der Waals surface area contributed by atoms with Gasteiger partial charge in [-0.15, -0.1) is 5.10 Å². The van der Waals surface area contributed by atoms with Gasteiger partial charge in [0.25, 0.3) is 0 Å². The molecule has 1 saturated heterocycles. The van der Waals surface area contributed by atoms with Gasteiger partial charge in [-0.05, 0) is 45.7 Å². The summed E-state index contributed by atoms with van der Waals surface area (Å²) in [7, 11) is 0. The zero-order valence-corrected chi connectivity index (χ0v) is 22.6. The van der Waals surface area contributed by atoms with Gasteiger partial charge in [0.2, 0.25) is 0 Å². The number of imidazole rings is 1. The SMILES string of the molecule is CC(C)(C)c1ccc(-c2nc3c(N4CCN(Cc5nnn(CCF)c5[123I])CC4)cccc3[nH]2)cc1. The second-order valence-corrected chi connectivity index (χ2v) is 11.1. The minimum atomic E-state index is -0.430. The molecule has 0 aliphatic carbocycles. The maximum atomic E-state index is 12.7. The second-order valence-electron chi connectivity index (χ2n) is 10.1. The molecule has 2 aromatic carbocycles. The summed E-state index contributed by atoms with van der Waals surface area (Å²) in [6, 6.07) is 15.1. The van der Waals surface area contributed by atoms with Gasteiger partial charge in [0, 0.05) is 38.3 Å². The lowest BCUT2D eigenvalue weighted by molar-refractivity contribution is 0.246. The normalized spacial score (nSPS) is 15.3. The highest BCUT2D eigenvalue weighted by atomic mass is 123. The summed E-state index contributed by atoms with van der Waals surface area (Å²) in [5.74, 6) is 0.900. The molecule has 0 spiro atoms. The van der Waals surface area contributed by atoms with E-state index < -0.39 is 6.67 Å². The van der Waals surface area contributed by atoms with Crippen LogP contribution >= 0.6 is 22.6 Å². The maximum Gasteiger partial charge on any atom is 0.138 e. The molecule has 35 heavy (non-hydrogen) atoms. The van der Waals surface area contributed by atoms with Gasteiger partial charge in [-0.3, -0.25) is 4.90 Å². The molecule has 0 saturated carbocycles. The standard InChI is InChI=1S/C26H31FIN7/c1-26(2,3)19-9-7-18(8-10-19)25-29-20-5-4-6-22(23(20)30-25)34-15-13-33(14-16-34)17-21-24(28)35(12-11-27)32-31-21/h4-10H,11-17H2,1-3H3,(H,29,30)/i28-4. The highest BCUT2D eigenvalue weighted by Gasteiger charge is 2.22. The molecule has 7 nitrogen and oxygen atoms in total. The number of para-hydroxylation sites is 1. The first-order valence-corrected chi connectivity index (χ1v) is 13.1. The van der Waals surface area contributed by atoms with Crippen LogP contribution in [0.25, 0.3) is 22.4 Å². The number of fused-ring (bicyclic) bond motifs is 1. The molecule has 1 aliphatic heterocycles. The van der Waals surface area contributed by atoms with E-state index in [2.05, 4.69) is 111 Å². The zero-order valence-electron chi connectivity index (χ0n) is 20.4. The number of piperazine rings is 1. The number of nitrogens with one attached hydrogen (secondary N) is 1. The van der Waals surface area contributed by atoms with Crippen LogP contribution in [0.5, 0.6) is 0 Å². The van der Waals surface area contributed by atoms with Gasteiger partial charge in [-0.1, -0.05) is 56.3 Å². The lowest BCUT2D eigenvalue weighted by Gasteiger charge is -2.35. The first-order chi connectivity index (χ1) is 16.8. The van der Waals surface area contributed by atoms with Crippen LogP contribution < -0.4 is 4.90 Å². The summed E-state index contributed by atoms with van der Waals surface area (Å²) in [5.41, 5.74) is 6.70. The van der Waals surface area contributed by atoms with Gasteiger partial charge in [0.05, 0.1) is 17.7 Å². The Hall–Kier alpha value is -2.53. The topological polar surface area (TPSA) is 65.9 Å². The van der Waals surface area contributed by atoms with E-state index in [1.54, 1.807) is 4.68 Å².